The van der Waals surface area contributed by atoms with Crippen LogP contribution in [0, 0.1) is 0 Å². The number of hydrogen-bond donors (Lipinski definition) is 1. The van der Waals surface area contributed by atoms with Crippen LogP contribution in [0.5, 0.6) is 5.75 Å². The van der Waals surface area contributed by atoms with Crippen LogP contribution in [0.1, 0.15) is 41.7 Å². The lowest BCUT2D eigenvalue weighted by Crippen LogP contribution is -2.40. The Kier molecular flexibility index (Phi) is 5.96. The minimum absolute atomic E-state index is 0.515. The van der Waals surface area contributed by atoms with Gasteiger partial charge in [0.15, 0.2) is 0 Å². The molecular formula is C20H25NO4S. The number of rotatable bonds is 6. The van der Waals surface area contributed by atoms with Crippen molar-refractivity contribution in [1.82, 2.24) is 4.31 Å². The van der Waals surface area contributed by atoms with E-state index >= 15 is 0 Å². The van der Waals surface area contributed by atoms with Gasteiger partial charge in [0.25, 0.3) is 0 Å². The summed E-state index contributed by atoms with van der Waals surface area (Å²) in [7, 11) is -2.12. The highest BCUT2D eigenvalue weighted by atomic mass is 32.2. The van der Waals surface area contributed by atoms with E-state index in [1.54, 1.807) is 55.6 Å². The van der Waals surface area contributed by atoms with Crippen LogP contribution in [0.25, 0.3) is 0 Å². The molecular weight excluding hydrogens is 350 g/mol. The predicted octanol–water partition coefficient (Wildman–Crippen LogP) is 3.29. The van der Waals surface area contributed by atoms with Crippen molar-refractivity contribution in [2.24, 2.45) is 0 Å². The van der Waals surface area contributed by atoms with Gasteiger partial charge in [-0.25, -0.2) is 12.7 Å². The van der Waals surface area contributed by atoms with Crippen molar-refractivity contribution in [2.75, 3.05) is 20.2 Å². The standard InChI is InChI=1S/C20H25NO4S/c1-25-18-12-10-16(11-13-18)19(22)20(17-8-4-2-5-9-17)26(23,24)21-14-6-3-7-15-21/h2,4-5,8-13,19-20,22H,3,6-7,14-15H2,1H3/t19-,20+/m0/s1. The number of methoxy groups -OCH3 is 1. The normalized spacial score (nSPS) is 18.2. The number of hydrogen-bond acceptors (Lipinski definition) is 4. The Hall–Kier alpha value is -1.89. The molecule has 3 rings (SSSR count). The lowest BCUT2D eigenvalue weighted by atomic mass is 10.0. The monoisotopic (exact) mass is 375 g/mol. The molecule has 1 fully saturated rings. The second kappa shape index (κ2) is 8.20. The number of sulfonamides is 1. The molecule has 140 valence electrons. The molecule has 1 N–H and O–H groups in total. The molecule has 0 unspecified atom stereocenters. The minimum Gasteiger partial charge on any atom is -0.497 e. The summed E-state index contributed by atoms with van der Waals surface area (Å²) >= 11 is 0. The average Bonchev–Trinajstić information content (AvgIpc) is 2.69. The Balaban J connectivity index is 2.00. The molecule has 6 heteroatoms. The largest absolute Gasteiger partial charge is 0.497 e. The van der Waals surface area contributed by atoms with E-state index in [-0.39, 0.29) is 0 Å². The molecule has 0 aromatic heterocycles. The van der Waals surface area contributed by atoms with Crippen LogP contribution in [0.15, 0.2) is 54.6 Å². The van der Waals surface area contributed by atoms with Gasteiger partial charge in [-0.2, -0.15) is 0 Å². The minimum atomic E-state index is -3.69. The van der Waals surface area contributed by atoms with Gasteiger partial charge in [0.05, 0.1) is 7.11 Å². The Morgan fingerprint density at radius 2 is 1.54 bits per heavy atom. The summed E-state index contributed by atoms with van der Waals surface area (Å²) in [5, 5.41) is 9.98. The summed E-state index contributed by atoms with van der Waals surface area (Å²) in [6.07, 6.45) is 1.61. The zero-order chi connectivity index (χ0) is 18.6. The summed E-state index contributed by atoms with van der Waals surface area (Å²) in [6, 6.07) is 15.9. The van der Waals surface area contributed by atoms with Gasteiger partial charge in [0.2, 0.25) is 10.0 Å². The van der Waals surface area contributed by atoms with Crippen molar-refractivity contribution in [1.29, 1.82) is 0 Å². The summed E-state index contributed by atoms with van der Waals surface area (Å²) in [5.41, 5.74) is 1.15. The van der Waals surface area contributed by atoms with E-state index in [4.69, 9.17) is 4.74 Å². The fraction of sp³-hybridized carbons (Fsp3) is 0.400. The number of piperidine rings is 1. The van der Waals surface area contributed by atoms with Crippen LogP contribution in [0.4, 0.5) is 0 Å². The van der Waals surface area contributed by atoms with Crippen molar-refractivity contribution in [3.63, 3.8) is 0 Å². The van der Waals surface area contributed by atoms with Gasteiger partial charge in [-0.1, -0.05) is 48.9 Å². The summed E-state index contributed by atoms with van der Waals surface area (Å²) in [6.45, 7) is 1.03. The first kappa shape index (κ1) is 18.9. The number of aliphatic hydroxyl groups excluding tert-OH is 1. The van der Waals surface area contributed by atoms with Crippen molar-refractivity contribution in [2.45, 2.75) is 30.6 Å². The van der Waals surface area contributed by atoms with Crippen LogP contribution < -0.4 is 4.74 Å². The van der Waals surface area contributed by atoms with E-state index in [9.17, 15) is 13.5 Å². The first-order chi connectivity index (χ1) is 12.5. The van der Waals surface area contributed by atoms with Crippen LogP contribution in [0.3, 0.4) is 0 Å². The van der Waals surface area contributed by atoms with E-state index in [0.29, 0.717) is 30.0 Å². The van der Waals surface area contributed by atoms with Gasteiger partial charge in [0, 0.05) is 13.1 Å². The smallest absolute Gasteiger partial charge is 0.224 e. The summed E-state index contributed by atoms with van der Waals surface area (Å²) < 4.78 is 33.4. The highest BCUT2D eigenvalue weighted by Crippen LogP contribution is 2.38. The van der Waals surface area contributed by atoms with Crippen LogP contribution >= 0.6 is 0 Å². The number of aliphatic hydroxyl groups is 1. The van der Waals surface area contributed by atoms with Crippen LogP contribution in [0.2, 0.25) is 0 Å². The van der Waals surface area contributed by atoms with Gasteiger partial charge in [0.1, 0.15) is 17.1 Å². The second-order valence-corrected chi connectivity index (χ2v) is 8.61. The molecule has 1 aliphatic rings. The van der Waals surface area contributed by atoms with Gasteiger partial charge in [-0.15, -0.1) is 0 Å². The first-order valence-electron chi connectivity index (χ1n) is 8.90. The van der Waals surface area contributed by atoms with E-state index in [2.05, 4.69) is 0 Å². The molecule has 2 aromatic carbocycles. The topological polar surface area (TPSA) is 66.8 Å². The molecule has 5 nitrogen and oxygen atoms in total. The zero-order valence-electron chi connectivity index (χ0n) is 14.9. The lowest BCUT2D eigenvalue weighted by molar-refractivity contribution is 0.167. The third kappa shape index (κ3) is 3.92. The molecule has 0 saturated carbocycles. The van der Waals surface area contributed by atoms with E-state index < -0.39 is 21.4 Å². The van der Waals surface area contributed by atoms with Crippen molar-refractivity contribution < 1.29 is 18.3 Å². The SMILES string of the molecule is COc1ccc([C@H](O)[C@@H](c2ccccc2)S(=O)(=O)N2CCCCC2)cc1. The Bertz CT molecular complexity index is 799. The Labute approximate surface area is 155 Å². The molecule has 2 aromatic rings. The summed E-state index contributed by atoms with van der Waals surface area (Å²) in [4.78, 5) is 0. The third-order valence-corrected chi connectivity index (χ3v) is 7.12. The molecule has 26 heavy (non-hydrogen) atoms. The van der Waals surface area contributed by atoms with Gasteiger partial charge in [-0.3, -0.25) is 0 Å². The lowest BCUT2D eigenvalue weighted by Gasteiger charge is -2.32. The summed E-state index contributed by atoms with van der Waals surface area (Å²) in [5.74, 6) is 0.663. The molecule has 2 atom stereocenters. The second-order valence-electron chi connectivity index (χ2n) is 6.55. The van der Waals surface area contributed by atoms with Gasteiger partial charge >= 0.3 is 0 Å². The van der Waals surface area contributed by atoms with Crippen molar-refractivity contribution in [3.05, 3.63) is 65.7 Å². The Morgan fingerprint density at radius 3 is 2.12 bits per heavy atom. The fourth-order valence-corrected chi connectivity index (χ4v) is 5.49. The molecule has 0 amide bonds. The molecule has 1 aliphatic heterocycles. The maximum atomic E-state index is 13.4. The average molecular weight is 375 g/mol. The number of nitrogens with zero attached hydrogens (tertiary/aromatic N) is 1. The van der Waals surface area contributed by atoms with Crippen molar-refractivity contribution >= 4 is 10.0 Å². The zero-order valence-corrected chi connectivity index (χ0v) is 15.7. The third-order valence-electron chi connectivity index (χ3n) is 4.87. The molecule has 1 heterocycles. The predicted molar refractivity (Wildman–Crippen MR) is 101 cm³/mol. The number of ether oxygens (including phenoxy) is 1. The first-order valence-corrected chi connectivity index (χ1v) is 10.4. The molecule has 0 aliphatic carbocycles. The maximum absolute atomic E-state index is 13.4. The number of benzene rings is 2. The molecule has 1 saturated heterocycles. The molecule has 0 spiro atoms. The van der Waals surface area contributed by atoms with E-state index in [1.807, 2.05) is 6.07 Å². The highest BCUT2D eigenvalue weighted by molar-refractivity contribution is 7.89. The fourth-order valence-electron chi connectivity index (χ4n) is 3.42. The van der Waals surface area contributed by atoms with Gasteiger partial charge < -0.3 is 9.84 Å². The Morgan fingerprint density at radius 1 is 0.923 bits per heavy atom. The van der Waals surface area contributed by atoms with Gasteiger partial charge in [-0.05, 0) is 36.1 Å². The van der Waals surface area contributed by atoms with E-state index in [1.165, 1.54) is 4.31 Å². The van der Waals surface area contributed by atoms with Crippen molar-refractivity contribution in [3.8, 4) is 5.75 Å². The highest BCUT2D eigenvalue weighted by Gasteiger charge is 2.39. The van der Waals surface area contributed by atoms with Crippen LogP contribution in [-0.2, 0) is 10.0 Å². The van der Waals surface area contributed by atoms with E-state index in [0.717, 1.165) is 19.3 Å². The maximum Gasteiger partial charge on any atom is 0.224 e. The quantitative estimate of drug-likeness (QED) is 0.841. The molecule has 0 bridgehead atoms. The molecule has 0 radical (unpaired) electrons. The van der Waals surface area contributed by atoms with Crippen LogP contribution in [-0.4, -0.2) is 38.0 Å².